The molecule has 4 N–H and O–H groups in total. The first-order chi connectivity index (χ1) is 10.2. The van der Waals surface area contributed by atoms with E-state index in [4.69, 9.17) is 5.84 Å². The Bertz CT molecular complexity index is 785. The molecule has 0 aliphatic carbocycles. The van der Waals surface area contributed by atoms with E-state index in [1.807, 2.05) is 0 Å². The zero-order valence-electron chi connectivity index (χ0n) is 10.8. The molecular weight excluding hydrogens is 278 g/mol. The first-order valence-corrected chi connectivity index (χ1v) is 6.15. The van der Waals surface area contributed by atoms with Gasteiger partial charge in [-0.25, -0.2) is 24.6 Å². The molecule has 0 aliphatic heterocycles. The number of nitrogens with two attached hydrogens (primary N) is 1. The summed E-state index contributed by atoms with van der Waals surface area (Å²) < 4.78 is 28.4. The van der Waals surface area contributed by atoms with Crippen molar-refractivity contribution in [2.24, 2.45) is 5.84 Å². The number of hydrazine groups is 1. The van der Waals surface area contributed by atoms with Gasteiger partial charge in [-0.15, -0.1) is 0 Å². The van der Waals surface area contributed by atoms with Gasteiger partial charge in [0.1, 0.15) is 11.6 Å². The molecule has 0 amide bonds. The fourth-order valence-electron chi connectivity index (χ4n) is 1.98. The molecule has 0 saturated heterocycles. The number of benzene rings is 1. The topological polar surface area (TPSA) is 80.3 Å². The second kappa shape index (κ2) is 5.33. The second-order valence-electron chi connectivity index (χ2n) is 4.37. The molecule has 1 aromatic carbocycles. The maximum Gasteiger partial charge on any atom is 0.180 e. The number of nitrogens with zero attached hydrogens (tertiary/aromatic N) is 3. The highest BCUT2D eigenvalue weighted by Gasteiger charge is 2.09. The molecule has 3 aromatic rings. The third-order valence-corrected chi connectivity index (χ3v) is 2.98. The standard InChI is InChI=1S/C13H12F2N6/c14-9-1-2-10(15)8(5-9)6-18-12-13-17-3-4-21(13)7-11(19-12)20-16/h1-5,7,20H,6,16H2,(H,18,19). The molecule has 0 atom stereocenters. The van der Waals surface area contributed by atoms with Crippen LogP contribution in [0.25, 0.3) is 5.65 Å². The quantitative estimate of drug-likeness (QED) is 0.505. The molecule has 0 saturated carbocycles. The normalized spacial score (nSPS) is 10.8. The summed E-state index contributed by atoms with van der Waals surface area (Å²) in [6, 6.07) is 3.29. The summed E-state index contributed by atoms with van der Waals surface area (Å²) in [7, 11) is 0. The lowest BCUT2D eigenvalue weighted by Crippen LogP contribution is -2.12. The van der Waals surface area contributed by atoms with E-state index in [0.717, 1.165) is 18.2 Å². The van der Waals surface area contributed by atoms with Gasteiger partial charge in [0.25, 0.3) is 0 Å². The lowest BCUT2D eigenvalue weighted by molar-refractivity contribution is 0.587. The van der Waals surface area contributed by atoms with Gasteiger partial charge in [0.15, 0.2) is 17.3 Å². The summed E-state index contributed by atoms with van der Waals surface area (Å²) in [5.74, 6) is 5.20. The van der Waals surface area contributed by atoms with Crippen LogP contribution in [-0.2, 0) is 6.54 Å². The lowest BCUT2D eigenvalue weighted by Gasteiger charge is -2.10. The molecule has 3 rings (SSSR count). The highest BCUT2D eigenvalue weighted by molar-refractivity contribution is 5.65. The van der Waals surface area contributed by atoms with Crippen molar-refractivity contribution in [2.75, 3.05) is 10.7 Å². The van der Waals surface area contributed by atoms with Crippen molar-refractivity contribution >= 4 is 17.3 Å². The Morgan fingerprint density at radius 3 is 2.95 bits per heavy atom. The summed E-state index contributed by atoms with van der Waals surface area (Å²) in [5, 5.41) is 2.94. The lowest BCUT2D eigenvalue weighted by atomic mass is 10.2. The SMILES string of the molecule is NNc1cn2ccnc2c(NCc2cc(F)ccc2F)n1. The number of hydrogen-bond acceptors (Lipinski definition) is 5. The Labute approximate surface area is 118 Å². The van der Waals surface area contributed by atoms with E-state index >= 15 is 0 Å². The first kappa shape index (κ1) is 13.3. The molecule has 2 aromatic heterocycles. The van der Waals surface area contributed by atoms with E-state index in [9.17, 15) is 8.78 Å². The van der Waals surface area contributed by atoms with Crippen molar-refractivity contribution in [3.63, 3.8) is 0 Å². The van der Waals surface area contributed by atoms with E-state index in [2.05, 4.69) is 20.7 Å². The summed E-state index contributed by atoms with van der Waals surface area (Å²) in [5.41, 5.74) is 3.20. The van der Waals surface area contributed by atoms with Crippen molar-refractivity contribution in [1.82, 2.24) is 14.4 Å². The van der Waals surface area contributed by atoms with Gasteiger partial charge in [-0.3, -0.25) is 0 Å². The van der Waals surface area contributed by atoms with Crippen LogP contribution in [0.4, 0.5) is 20.4 Å². The molecule has 0 spiro atoms. The molecule has 0 aliphatic rings. The van der Waals surface area contributed by atoms with Gasteiger partial charge in [0.2, 0.25) is 0 Å². The molecule has 6 nitrogen and oxygen atoms in total. The maximum atomic E-state index is 13.6. The van der Waals surface area contributed by atoms with Crippen molar-refractivity contribution in [3.05, 3.63) is 54.0 Å². The summed E-state index contributed by atoms with van der Waals surface area (Å²) in [6.45, 7) is 0.0765. The molecule has 108 valence electrons. The van der Waals surface area contributed by atoms with Crippen LogP contribution in [0.1, 0.15) is 5.56 Å². The third-order valence-electron chi connectivity index (χ3n) is 2.98. The zero-order valence-corrected chi connectivity index (χ0v) is 10.8. The number of anilines is 2. The Balaban J connectivity index is 1.91. The van der Waals surface area contributed by atoms with E-state index in [0.29, 0.717) is 17.3 Å². The Morgan fingerprint density at radius 1 is 1.29 bits per heavy atom. The first-order valence-electron chi connectivity index (χ1n) is 6.15. The maximum absolute atomic E-state index is 13.6. The highest BCUT2D eigenvalue weighted by Crippen LogP contribution is 2.18. The predicted molar refractivity (Wildman–Crippen MR) is 74.5 cm³/mol. The predicted octanol–water partition coefficient (Wildman–Crippen LogP) is 1.91. The summed E-state index contributed by atoms with van der Waals surface area (Å²) in [4.78, 5) is 8.36. The number of imidazole rings is 1. The Kier molecular flexibility index (Phi) is 3.36. The number of nitrogen functional groups attached to an aromatic ring is 1. The van der Waals surface area contributed by atoms with Gasteiger partial charge < -0.3 is 15.1 Å². The highest BCUT2D eigenvalue weighted by atomic mass is 19.1. The summed E-state index contributed by atoms with van der Waals surface area (Å²) in [6.07, 6.45) is 4.99. The molecule has 21 heavy (non-hydrogen) atoms. The zero-order chi connectivity index (χ0) is 14.8. The van der Waals surface area contributed by atoms with E-state index in [1.165, 1.54) is 0 Å². The van der Waals surface area contributed by atoms with Crippen LogP contribution in [0.3, 0.4) is 0 Å². The number of rotatable bonds is 4. The van der Waals surface area contributed by atoms with Crippen LogP contribution in [0, 0.1) is 11.6 Å². The Hall–Kier alpha value is -2.74. The van der Waals surface area contributed by atoms with E-state index in [-0.39, 0.29) is 12.1 Å². The van der Waals surface area contributed by atoms with Gasteiger partial charge in [-0.2, -0.15) is 0 Å². The van der Waals surface area contributed by atoms with Gasteiger partial charge in [0.05, 0.1) is 6.20 Å². The molecular formula is C13H12F2N6. The molecule has 0 radical (unpaired) electrons. The van der Waals surface area contributed by atoms with Crippen molar-refractivity contribution in [3.8, 4) is 0 Å². The van der Waals surface area contributed by atoms with Gasteiger partial charge in [-0.1, -0.05) is 0 Å². The monoisotopic (exact) mass is 290 g/mol. The smallest absolute Gasteiger partial charge is 0.180 e. The van der Waals surface area contributed by atoms with Gasteiger partial charge in [-0.05, 0) is 18.2 Å². The van der Waals surface area contributed by atoms with Gasteiger partial charge in [0, 0.05) is 24.5 Å². The fourth-order valence-corrected chi connectivity index (χ4v) is 1.98. The second-order valence-corrected chi connectivity index (χ2v) is 4.37. The third kappa shape index (κ3) is 2.61. The number of aromatic nitrogens is 3. The molecule has 0 unspecified atom stereocenters. The molecule has 2 heterocycles. The average Bonchev–Trinajstić information content (AvgIpc) is 2.96. The van der Waals surface area contributed by atoms with Crippen LogP contribution in [0.2, 0.25) is 0 Å². The molecule has 8 heteroatoms. The van der Waals surface area contributed by atoms with Crippen LogP contribution >= 0.6 is 0 Å². The van der Waals surface area contributed by atoms with Crippen LogP contribution in [-0.4, -0.2) is 14.4 Å². The minimum atomic E-state index is -0.496. The van der Waals surface area contributed by atoms with E-state index in [1.54, 1.807) is 23.0 Å². The van der Waals surface area contributed by atoms with Crippen molar-refractivity contribution in [1.29, 1.82) is 0 Å². The minimum Gasteiger partial charge on any atom is -0.363 e. The average molecular weight is 290 g/mol. The number of nitrogens with one attached hydrogen (secondary N) is 2. The number of halogens is 2. The van der Waals surface area contributed by atoms with Crippen LogP contribution in [0.15, 0.2) is 36.8 Å². The van der Waals surface area contributed by atoms with Crippen LogP contribution < -0.4 is 16.6 Å². The Morgan fingerprint density at radius 2 is 2.14 bits per heavy atom. The van der Waals surface area contributed by atoms with Crippen molar-refractivity contribution < 1.29 is 8.78 Å². The van der Waals surface area contributed by atoms with Crippen LogP contribution in [0.5, 0.6) is 0 Å². The van der Waals surface area contributed by atoms with Crippen molar-refractivity contribution in [2.45, 2.75) is 6.54 Å². The van der Waals surface area contributed by atoms with E-state index < -0.39 is 11.6 Å². The van der Waals surface area contributed by atoms with Gasteiger partial charge >= 0.3 is 0 Å². The number of fused-ring (bicyclic) bond motifs is 1. The summed E-state index contributed by atoms with van der Waals surface area (Å²) >= 11 is 0. The minimum absolute atomic E-state index is 0.0765. The molecule has 0 fully saturated rings. The largest absolute Gasteiger partial charge is 0.363 e. The molecule has 0 bridgehead atoms. The fraction of sp³-hybridized carbons (Fsp3) is 0.0769. The number of hydrogen-bond donors (Lipinski definition) is 3.